The maximum absolute atomic E-state index is 12.6. The van der Waals surface area contributed by atoms with Gasteiger partial charge in [0.25, 0.3) is 0 Å². The summed E-state index contributed by atoms with van der Waals surface area (Å²) < 4.78 is 37.9. The molecule has 1 aliphatic heterocycles. The molecule has 3 N–H and O–H groups in total. The summed E-state index contributed by atoms with van der Waals surface area (Å²) in [6, 6.07) is 2.24. The highest BCUT2D eigenvalue weighted by Crippen LogP contribution is 2.35. The number of halogens is 3. The van der Waals surface area contributed by atoms with Gasteiger partial charge in [0.05, 0.1) is 23.5 Å². The smallest absolute Gasteiger partial charge is 0.397 e. The van der Waals surface area contributed by atoms with E-state index in [9.17, 15) is 22.8 Å². The van der Waals surface area contributed by atoms with E-state index < -0.39 is 29.6 Å². The molecule has 1 aliphatic rings. The van der Waals surface area contributed by atoms with Crippen molar-refractivity contribution in [3.63, 3.8) is 0 Å². The van der Waals surface area contributed by atoms with E-state index in [1.807, 2.05) is 0 Å². The highest BCUT2D eigenvalue weighted by atomic mass is 19.4. The minimum absolute atomic E-state index is 0.120. The van der Waals surface area contributed by atoms with E-state index >= 15 is 0 Å². The molecule has 1 aromatic carbocycles. The van der Waals surface area contributed by atoms with Crippen LogP contribution >= 0.6 is 0 Å². The van der Waals surface area contributed by atoms with Crippen LogP contribution in [0.3, 0.4) is 0 Å². The molecule has 21 heavy (non-hydrogen) atoms. The Kier molecular flexibility index (Phi) is 3.80. The molecule has 1 unspecified atom stereocenters. The van der Waals surface area contributed by atoms with Gasteiger partial charge in [-0.1, -0.05) is 6.92 Å². The molecule has 0 radical (unpaired) electrons. The van der Waals surface area contributed by atoms with E-state index in [-0.39, 0.29) is 17.9 Å². The van der Waals surface area contributed by atoms with E-state index in [1.165, 1.54) is 11.0 Å². The molecule has 1 heterocycles. The molecule has 0 bridgehead atoms. The average molecular weight is 301 g/mol. The minimum Gasteiger partial charge on any atom is -0.397 e. The number of amides is 2. The van der Waals surface area contributed by atoms with E-state index in [0.29, 0.717) is 6.42 Å². The largest absolute Gasteiger partial charge is 0.416 e. The van der Waals surface area contributed by atoms with E-state index in [0.717, 1.165) is 12.1 Å². The van der Waals surface area contributed by atoms with Crippen molar-refractivity contribution in [1.29, 1.82) is 0 Å². The number of anilines is 2. The Labute approximate surface area is 118 Å². The third-order valence-electron chi connectivity index (χ3n) is 3.31. The van der Waals surface area contributed by atoms with Crippen molar-refractivity contribution in [1.82, 2.24) is 5.32 Å². The molecule has 114 valence electrons. The first-order valence-corrected chi connectivity index (χ1v) is 6.31. The molecule has 1 fully saturated rings. The van der Waals surface area contributed by atoms with Gasteiger partial charge in [-0.3, -0.25) is 14.9 Å². The molecule has 5 nitrogen and oxygen atoms in total. The first-order valence-electron chi connectivity index (χ1n) is 6.31. The van der Waals surface area contributed by atoms with Crippen molar-refractivity contribution < 1.29 is 22.8 Å². The minimum atomic E-state index is -4.49. The van der Waals surface area contributed by atoms with Gasteiger partial charge in [-0.25, -0.2) is 0 Å². The fraction of sp³-hybridized carbons (Fsp3) is 0.385. The maximum atomic E-state index is 12.6. The van der Waals surface area contributed by atoms with Gasteiger partial charge in [-0.15, -0.1) is 0 Å². The van der Waals surface area contributed by atoms with Crippen molar-refractivity contribution in [3.8, 4) is 0 Å². The van der Waals surface area contributed by atoms with Crippen LogP contribution in [0.5, 0.6) is 0 Å². The van der Waals surface area contributed by atoms with Gasteiger partial charge >= 0.3 is 6.18 Å². The predicted molar refractivity (Wildman–Crippen MR) is 70.4 cm³/mol. The lowest BCUT2D eigenvalue weighted by atomic mass is 10.1. The molecule has 0 saturated carbocycles. The number of hydrogen-bond acceptors (Lipinski definition) is 4. The summed E-state index contributed by atoms with van der Waals surface area (Å²) in [5.41, 5.74) is 4.93. The molecule has 8 heteroatoms. The highest BCUT2D eigenvalue weighted by Gasteiger charge is 2.35. The Balaban J connectivity index is 2.40. The summed E-state index contributed by atoms with van der Waals surface area (Å²) in [5, 5.41) is 2.19. The Morgan fingerprint density at radius 3 is 2.57 bits per heavy atom. The number of nitrogens with two attached hydrogens (primary N) is 1. The highest BCUT2D eigenvalue weighted by molar-refractivity contribution is 6.05. The monoisotopic (exact) mass is 301 g/mol. The second-order valence-electron chi connectivity index (χ2n) is 4.74. The standard InChI is InChI=1S/C13H14F3N3O2/c1-2-9-12(21)18-11(20)6-19(9)10-4-3-7(5-8(10)17)13(14,15)16/h3-5,9H,2,6,17H2,1H3,(H,18,20,21). The summed E-state index contributed by atoms with van der Waals surface area (Å²) >= 11 is 0. The van der Waals surface area contributed by atoms with Gasteiger partial charge in [-0.2, -0.15) is 13.2 Å². The quantitative estimate of drug-likeness (QED) is 0.641. The zero-order chi connectivity index (χ0) is 15.8. The number of rotatable bonds is 2. The van der Waals surface area contributed by atoms with Crippen molar-refractivity contribution in [2.45, 2.75) is 25.6 Å². The van der Waals surface area contributed by atoms with Crippen LogP contribution < -0.4 is 16.0 Å². The van der Waals surface area contributed by atoms with Crippen molar-refractivity contribution in [2.24, 2.45) is 0 Å². The van der Waals surface area contributed by atoms with Gasteiger partial charge in [-0.05, 0) is 24.6 Å². The van der Waals surface area contributed by atoms with Crippen LogP contribution in [0, 0.1) is 0 Å². The molecule has 2 rings (SSSR count). The zero-order valence-corrected chi connectivity index (χ0v) is 11.2. The Bertz CT molecular complexity index is 587. The SMILES string of the molecule is CCC1C(=O)NC(=O)CN1c1ccc(C(F)(F)F)cc1N. The Morgan fingerprint density at radius 2 is 2.05 bits per heavy atom. The summed E-state index contributed by atoms with van der Waals surface area (Å²) in [6.45, 7) is 1.62. The molecule has 1 saturated heterocycles. The molecule has 0 aliphatic carbocycles. The van der Waals surface area contributed by atoms with Crippen molar-refractivity contribution in [3.05, 3.63) is 23.8 Å². The van der Waals surface area contributed by atoms with Gasteiger partial charge in [0, 0.05) is 0 Å². The fourth-order valence-electron chi connectivity index (χ4n) is 2.32. The van der Waals surface area contributed by atoms with Crippen LogP contribution in [0.2, 0.25) is 0 Å². The molecular weight excluding hydrogens is 287 g/mol. The van der Waals surface area contributed by atoms with Crippen molar-refractivity contribution in [2.75, 3.05) is 17.2 Å². The van der Waals surface area contributed by atoms with Crippen LogP contribution in [0.15, 0.2) is 18.2 Å². The number of nitrogens with zero attached hydrogens (tertiary/aromatic N) is 1. The summed E-state index contributed by atoms with van der Waals surface area (Å²) in [4.78, 5) is 24.7. The normalized spacial score (nSPS) is 19.6. The predicted octanol–water partition coefficient (Wildman–Crippen LogP) is 1.53. The number of benzene rings is 1. The number of carbonyl (C=O) groups excluding carboxylic acids is 2. The van der Waals surface area contributed by atoms with Gasteiger partial charge in [0.2, 0.25) is 11.8 Å². The lowest BCUT2D eigenvalue weighted by molar-refractivity contribution is -0.137. The summed E-state index contributed by atoms with van der Waals surface area (Å²) in [5.74, 6) is -0.989. The average Bonchev–Trinajstić information content (AvgIpc) is 2.36. The number of nitrogens with one attached hydrogen (secondary N) is 1. The number of imide groups is 1. The lowest BCUT2D eigenvalue weighted by Gasteiger charge is -2.36. The molecule has 1 aromatic rings. The molecule has 1 atom stereocenters. The van der Waals surface area contributed by atoms with Gasteiger partial charge in [0.1, 0.15) is 6.04 Å². The fourth-order valence-corrected chi connectivity index (χ4v) is 2.32. The second-order valence-corrected chi connectivity index (χ2v) is 4.74. The Morgan fingerprint density at radius 1 is 1.38 bits per heavy atom. The van der Waals surface area contributed by atoms with Crippen LogP contribution in [0.1, 0.15) is 18.9 Å². The topological polar surface area (TPSA) is 75.4 Å². The van der Waals surface area contributed by atoms with Gasteiger partial charge in [0.15, 0.2) is 0 Å². The number of nitrogen functional groups attached to an aromatic ring is 1. The molecular formula is C13H14F3N3O2. The first kappa shape index (κ1) is 15.1. The lowest BCUT2D eigenvalue weighted by Crippen LogP contribution is -2.58. The molecule has 2 amide bonds. The van der Waals surface area contributed by atoms with Gasteiger partial charge < -0.3 is 10.6 Å². The third-order valence-corrected chi connectivity index (χ3v) is 3.31. The molecule has 0 aromatic heterocycles. The van der Waals surface area contributed by atoms with E-state index in [1.54, 1.807) is 6.92 Å². The van der Waals surface area contributed by atoms with Crippen LogP contribution in [0.4, 0.5) is 24.5 Å². The van der Waals surface area contributed by atoms with E-state index in [2.05, 4.69) is 5.32 Å². The maximum Gasteiger partial charge on any atom is 0.416 e. The number of hydrogen-bond donors (Lipinski definition) is 2. The Hall–Kier alpha value is -2.25. The zero-order valence-electron chi connectivity index (χ0n) is 11.2. The first-order chi connectivity index (χ1) is 9.74. The van der Waals surface area contributed by atoms with Crippen LogP contribution in [-0.4, -0.2) is 24.4 Å². The number of piperazine rings is 1. The molecule has 0 spiro atoms. The number of alkyl halides is 3. The number of carbonyl (C=O) groups is 2. The second kappa shape index (κ2) is 5.27. The van der Waals surface area contributed by atoms with Crippen LogP contribution in [0.25, 0.3) is 0 Å². The summed E-state index contributed by atoms with van der Waals surface area (Å²) in [6.07, 6.45) is -4.09. The van der Waals surface area contributed by atoms with E-state index in [4.69, 9.17) is 5.73 Å². The van der Waals surface area contributed by atoms with Crippen molar-refractivity contribution >= 4 is 23.2 Å². The van der Waals surface area contributed by atoms with Crippen LogP contribution in [-0.2, 0) is 15.8 Å². The summed E-state index contributed by atoms with van der Waals surface area (Å²) in [7, 11) is 0. The third kappa shape index (κ3) is 2.93.